The fraction of sp³-hybridized carbons (Fsp3) is 0.682. The van der Waals surface area contributed by atoms with Gasteiger partial charge in [0.15, 0.2) is 0 Å². The maximum absolute atomic E-state index is 13.1. The van der Waals surface area contributed by atoms with Gasteiger partial charge < -0.3 is 20.8 Å². The minimum atomic E-state index is -3.74. The molecule has 2 aromatic carbocycles. The number of fused-ring (bicyclic) bond motifs is 4. The smallest absolute Gasteiger partial charge is 0.251 e. The summed E-state index contributed by atoms with van der Waals surface area (Å²) in [5.74, 6) is 0.811. The molecule has 4 N–H and O–H groups in total. The van der Waals surface area contributed by atoms with Gasteiger partial charge in [-0.05, 0) is 134 Å². The van der Waals surface area contributed by atoms with Gasteiger partial charge in [-0.2, -0.15) is 8.61 Å². The van der Waals surface area contributed by atoms with Gasteiger partial charge in [0.05, 0.1) is 22.0 Å². The molecule has 8 atom stereocenters. The van der Waals surface area contributed by atoms with E-state index in [1.807, 2.05) is 0 Å². The Hall–Kier alpha value is -2.88. The highest BCUT2D eigenvalue weighted by molar-refractivity contribution is 7.89. The number of aliphatic hydroxyl groups is 2. The van der Waals surface area contributed by atoms with Gasteiger partial charge in [0.1, 0.15) is 0 Å². The lowest BCUT2D eigenvalue weighted by atomic mass is 9.68. The molecule has 0 spiro atoms. The number of aliphatic hydroxyl groups excluding tert-OH is 2. The molecular formula is C44H64N4O8S2. The average Bonchev–Trinajstić information content (AvgIpc) is 4.00. The van der Waals surface area contributed by atoms with Crippen LogP contribution in [-0.4, -0.2) is 97.9 Å². The van der Waals surface area contributed by atoms with Crippen molar-refractivity contribution in [1.82, 2.24) is 19.2 Å². The summed E-state index contributed by atoms with van der Waals surface area (Å²) in [5, 5.41) is 26.0. The first-order valence-corrected chi connectivity index (χ1v) is 24.0. The maximum Gasteiger partial charge on any atom is 0.251 e. The molecule has 6 fully saturated rings. The van der Waals surface area contributed by atoms with Crippen LogP contribution in [0.4, 0.5) is 0 Å². The van der Waals surface area contributed by atoms with Crippen LogP contribution < -0.4 is 10.6 Å². The monoisotopic (exact) mass is 840 g/mol. The predicted octanol–water partition coefficient (Wildman–Crippen LogP) is 5.39. The first-order valence-electron chi connectivity index (χ1n) is 21.1. The second-order valence-corrected chi connectivity index (χ2v) is 24.0. The Labute approximate surface area is 345 Å². The van der Waals surface area contributed by atoms with E-state index in [0.717, 1.165) is 25.7 Å². The topological polar surface area (TPSA) is 173 Å². The number of aryl methyl sites for hydroxylation is 2. The van der Waals surface area contributed by atoms with E-state index in [4.69, 9.17) is 0 Å². The summed E-state index contributed by atoms with van der Waals surface area (Å²) in [5.41, 5.74) is 2.24. The number of carbonyl (C=O) groups excluding carboxylic acids is 2. The molecule has 14 heteroatoms. The lowest BCUT2D eigenvalue weighted by Crippen LogP contribution is -2.52. The Bertz CT molecular complexity index is 2030. The molecular weight excluding hydrogens is 777 g/mol. The van der Waals surface area contributed by atoms with Gasteiger partial charge in [0.25, 0.3) is 11.8 Å². The molecule has 58 heavy (non-hydrogen) atoms. The summed E-state index contributed by atoms with van der Waals surface area (Å²) in [4.78, 5) is 26.5. The third-order valence-electron chi connectivity index (χ3n) is 15.5. The van der Waals surface area contributed by atoms with Crippen molar-refractivity contribution < 1.29 is 36.6 Å². The zero-order valence-electron chi connectivity index (χ0n) is 35.5. The van der Waals surface area contributed by atoms with Gasteiger partial charge >= 0.3 is 0 Å². The first kappa shape index (κ1) is 43.2. The number of nitrogens with zero attached hydrogens (tertiary/aromatic N) is 2. The molecule has 2 saturated heterocycles. The zero-order valence-corrected chi connectivity index (χ0v) is 37.1. The first-order chi connectivity index (χ1) is 26.9. The normalized spacial score (nSPS) is 33.9. The van der Waals surface area contributed by atoms with E-state index < -0.39 is 32.3 Å². The van der Waals surface area contributed by atoms with Crippen LogP contribution >= 0.6 is 0 Å². The van der Waals surface area contributed by atoms with Gasteiger partial charge in [-0.25, -0.2) is 16.8 Å². The summed E-state index contributed by atoms with van der Waals surface area (Å²) in [6.07, 6.45) is 6.56. The molecule has 6 aliphatic rings. The van der Waals surface area contributed by atoms with Crippen molar-refractivity contribution in [2.24, 2.45) is 33.5 Å². The third kappa shape index (κ3) is 7.46. The van der Waals surface area contributed by atoms with Crippen LogP contribution in [0.15, 0.2) is 46.2 Å². The van der Waals surface area contributed by atoms with Crippen molar-refractivity contribution in [1.29, 1.82) is 0 Å². The highest BCUT2D eigenvalue weighted by Crippen LogP contribution is 2.63. The number of hydrogen-bond donors (Lipinski definition) is 4. The van der Waals surface area contributed by atoms with E-state index in [9.17, 15) is 36.6 Å². The molecule has 8 rings (SSSR count). The van der Waals surface area contributed by atoms with Gasteiger partial charge in [-0.1, -0.05) is 53.7 Å². The highest BCUT2D eigenvalue weighted by atomic mass is 32.2. The Morgan fingerprint density at radius 1 is 0.621 bits per heavy atom. The number of benzene rings is 2. The molecule has 320 valence electrons. The van der Waals surface area contributed by atoms with E-state index in [0.29, 0.717) is 60.0 Å². The molecule has 0 aromatic heterocycles. The Morgan fingerprint density at radius 3 is 1.28 bits per heavy atom. The summed E-state index contributed by atoms with van der Waals surface area (Å²) in [6.45, 7) is 17.7. The zero-order chi connectivity index (χ0) is 42.4. The predicted molar refractivity (Wildman–Crippen MR) is 222 cm³/mol. The largest absolute Gasteiger partial charge is 0.392 e. The number of amides is 2. The van der Waals surface area contributed by atoms with Crippen molar-refractivity contribution in [3.05, 3.63) is 58.7 Å². The van der Waals surface area contributed by atoms with Crippen LogP contribution in [0.5, 0.6) is 0 Å². The summed E-state index contributed by atoms with van der Waals surface area (Å²) >= 11 is 0. The van der Waals surface area contributed by atoms with Crippen LogP contribution in [0.1, 0.15) is 125 Å². The number of rotatable bonds is 8. The second-order valence-electron chi connectivity index (χ2n) is 20.2. The molecule has 2 amide bonds. The Morgan fingerprint density at radius 2 is 0.983 bits per heavy atom. The second kappa shape index (κ2) is 14.9. The lowest BCUT2D eigenvalue weighted by Gasteiger charge is -2.43. The van der Waals surface area contributed by atoms with Crippen LogP contribution in [0, 0.1) is 47.3 Å². The van der Waals surface area contributed by atoms with E-state index in [-0.39, 0.29) is 68.4 Å². The number of sulfonamides is 2. The van der Waals surface area contributed by atoms with E-state index in [1.165, 1.54) is 33.6 Å². The standard InChI is InChI=1S/2C22H32N2O4S/c2*1-14-5-6-15(11-18(14)29(27,28)24-10-8-17(25)13-24)19(26)23-20-21(2,3)16-7-9-22(20,4)12-16/h2*5-6,11,16-17,20,25H,7-10,12-13H2,1-4H3,(H,23,26)/t16-,17+,20?,22-;16-,17-,20?,22-/m11/s1. The maximum atomic E-state index is 13.1. The van der Waals surface area contributed by atoms with Crippen LogP contribution in [-0.2, 0) is 20.0 Å². The summed E-state index contributed by atoms with van der Waals surface area (Å²) in [6, 6.07) is 9.94. The van der Waals surface area contributed by atoms with Crippen LogP contribution in [0.3, 0.4) is 0 Å². The molecule has 4 aliphatic carbocycles. The van der Waals surface area contributed by atoms with Crippen molar-refractivity contribution in [2.45, 2.75) is 141 Å². The number of hydrogen-bond acceptors (Lipinski definition) is 8. The SMILES string of the molecule is Cc1ccc(C(=O)NC2C(C)(C)[C@@H]3CC[C@]2(C)C3)cc1S(=O)(=O)N1CC[C@@H](O)C1.Cc1ccc(C(=O)NC2C(C)(C)[C@@H]3CC[C@]2(C)C3)cc1S(=O)(=O)N1CC[C@H](O)C1. The minimum absolute atomic E-state index is 0.0357. The minimum Gasteiger partial charge on any atom is -0.392 e. The van der Waals surface area contributed by atoms with E-state index in [2.05, 4.69) is 52.2 Å². The number of β-amino-alcohol motifs (C(OH)–C–C–N with tert-alkyl or cyclic N) is 2. The molecule has 2 unspecified atom stereocenters. The van der Waals surface area contributed by atoms with Gasteiger partial charge in [-0.3, -0.25) is 9.59 Å². The van der Waals surface area contributed by atoms with E-state index in [1.54, 1.807) is 38.1 Å². The van der Waals surface area contributed by atoms with Gasteiger partial charge in [0.2, 0.25) is 20.0 Å². The van der Waals surface area contributed by atoms with Gasteiger partial charge in [-0.15, -0.1) is 0 Å². The van der Waals surface area contributed by atoms with Crippen molar-refractivity contribution in [3.8, 4) is 0 Å². The van der Waals surface area contributed by atoms with Crippen LogP contribution in [0.25, 0.3) is 0 Å². The fourth-order valence-corrected chi connectivity index (χ4v) is 15.4. The molecule has 2 aromatic rings. The molecule has 12 nitrogen and oxygen atoms in total. The molecule has 2 aliphatic heterocycles. The third-order valence-corrected chi connectivity index (χ3v) is 19.5. The van der Waals surface area contributed by atoms with Crippen molar-refractivity contribution in [3.63, 3.8) is 0 Å². The molecule has 0 radical (unpaired) electrons. The Kier molecular flexibility index (Phi) is 11.1. The van der Waals surface area contributed by atoms with Crippen molar-refractivity contribution in [2.75, 3.05) is 26.2 Å². The molecule has 4 bridgehead atoms. The fourth-order valence-electron chi connectivity index (χ4n) is 11.9. The van der Waals surface area contributed by atoms with Gasteiger partial charge in [0, 0.05) is 49.4 Å². The molecule has 2 heterocycles. The average molecular weight is 841 g/mol. The molecule has 4 saturated carbocycles. The van der Waals surface area contributed by atoms with Crippen molar-refractivity contribution >= 4 is 31.9 Å². The number of carbonyl (C=O) groups is 2. The summed E-state index contributed by atoms with van der Waals surface area (Å²) < 4.78 is 54.9. The van der Waals surface area contributed by atoms with E-state index >= 15 is 0 Å². The quantitative estimate of drug-likeness (QED) is 0.274. The van der Waals surface area contributed by atoms with Crippen LogP contribution in [0.2, 0.25) is 0 Å². The number of nitrogens with one attached hydrogen (secondary N) is 2. The highest BCUT2D eigenvalue weighted by Gasteiger charge is 2.61. The Balaban J connectivity index is 0.000000177. The summed E-state index contributed by atoms with van der Waals surface area (Å²) in [7, 11) is -7.47. The lowest BCUT2D eigenvalue weighted by molar-refractivity contribution is 0.0734.